The molecule has 1 atom stereocenters. The standard InChI is InChI=1S/C18H22N4/c1-21-10-5-8-17(21)13-20-16-7-4-11-22(14-16)18-9-3-2-6-15(18)12-19/h2-3,5-6,8-10,16,20H,4,7,11,13-14H2,1H3. The average molecular weight is 294 g/mol. The SMILES string of the molecule is Cn1cccc1CNC1CCCN(c2ccccc2C#N)C1. The number of aromatic nitrogens is 1. The van der Waals surface area contributed by atoms with Gasteiger partial charge in [0.15, 0.2) is 0 Å². The van der Waals surface area contributed by atoms with Crippen LogP contribution in [0.25, 0.3) is 0 Å². The van der Waals surface area contributed by atoms with Gasteiger partial charge in [0, 0.05) is 44.6 Å². The Hall–Kier alpha value is -2.25. The highest BCUT2D eigenvalue weighted by molar-refractivity contribution is 5.59. The molecule has 1 aliphatic heterocycles. The summed E-state index contributed by atoms with van der Waals surface area (Å²) in [5, 5.41) is 12.9. The molecule has 114 valence electrons. The van der Waals surface area contributed by atoms with E-state index in [1.165, 1.54) is 12.1 Å². The van der Waals surface area contributed by atoms with Crippen molar-refractivity contribution in [3.8, 4) is 6.07 Å². The molecule has 0 radical (unpaired) electrons. The van der Waals surface area contributed by atoms with Crippen LogP contribution in [-0.2, 0) is 13.6 Å². The number of aryl methyl sites for hydroxylation is 1. The lowest BCUT2D eigenvalue weighted by Crippen LogP contribution is -2.45. The molecule has 0 spiro atoms. The quantitative estimate of drug-likeness (QED) is 0.943. The minimum atomic E-state index is 0.468. The fraction of sp³-hybridized carbons (Fsp3) is 0.389. The van der Waals surface area contributed by atoms with Crippen LogP contribution in [-0.4, -0.2) is 23.7 Å². The summed E-state index contributed by atoms with van der Waals surface area (Å²) < 4.78 is 2.15. The Labute approximate surface area is 132 Å². The second kappa shape index (κ2) is 6.67. The molecule has 3 rings (SSSR count). The smallest absolute Gasteiger partial charge is 0.101 e. The van der Waals surface area contributed by atoms with Gasteiger partial charge in [-0.3, -0.25) is 0 Å². The summed E-state index contributed by atoms with van der Waals surface area (Å²) in [4.78, 5) is 2.34. The molecule has 1 aromatic heterocycles. The molecule has 0 bridgehead atoms. The van der Waals surface area contributed by atoms with Crippen molar-refractivity contribution in [2.45, 2.75) is 25.4 Å². The monoisotopic (exact) mass is 294 g/mol. The van der Waals surface area contributed by atoms with E-state index in [-0.39, 0.29) is 0 Å². The fourth-order valence-corrected chi connectivity index (χ4v) is 3.14. The molecular formula is C18H22N4. The molecule has 1 aromatic carbocycles. The summed E-state index contributed by atoms with van der Waals surface area (Å²) in [7, 11) is 2.08. The fourth-order valence-electron chi connectivity index (χ4n) is 3.14. The van der Waals surface area contributed by atoms with Crippen LogP contribution >= 0.6 is 0 Å². The van der Waals surface area contributed by atoms with Gasteiger partial charge < -0.3 is 14.8 Å². The third-order valence-corrected chi connectivity index (χ3v) is 4.41. The van der Waals surface area contributed by atoms with Crippen molar-refractivity contribution in [1.29, 1.82) is 5.26 Å². The van der Waals surface area contributed by atoms with Crippen LogP contribution in [0.2, 0.25) is 0 Å². The van der Waals surface area contributed by atoms with Crippen molar-refractivity contribution in [3.05, 3.63) is 53.9 Å². The van der Waals surface area contributed by atoms with Crippen molar-refractivity contribution in [2.24, 2.45) is 7.05 Å². The molecule has 2 heterocycles. The van der Waals surface area contributed by atoms with Crippen molar-refractivity contribution in [3.63, 3.8) is 0 Å². The number of hydrogen-bond acceptors (Lipinski definition) is 3. The normalized spacial score (nSPS) is 18.2. The van der Waals surface area contributed by atoms with Crippen LogP contribution in [0.15, 0.2) is 42.6 Å². The largest absolute Gasteiger partial charge is 0.369 e. The first-order valence-corrected chi connectivity index (χ1v) is 7.85. The number of nitrogens with one attached hydrogen (secondary N) is 1. The lowest BCUT2D eigenvalue weighted by Gasteiger charge is -2.35. The highest BCUT2D eigenvalue weighted by Gasteiger charge is 2.21. The summed E-state index contributed by atoms with van der Waals surface area (Å²) in [6, 6.07) is 14.9. The van der Waals surface area contributed by atoms with E-state index in [0.717, 1.165) is 37.3 Å². The van der Waals surface area contributed by atoms with E-state index in [2.05, 4.69) is 52.3 Å². The highest BCUT2D eigenvalue weighted by atomic mass is 15.2. The molecule has 4 nitrogen and oxygen atoms in total. The third-order valence-electron chi connectivity index (χ3n) is 4.41. The Bertz CT molecular complexity index is 668. The average Bonchev–Trinajstić information content (AvgIpc) is 2.98. The number of nitrogens with zero attached hydrogens (tertiary/aromatic N) is 3. The van der Waals surface area contributed by atoms with Gasteiger partial charge in [-0.1, -0.05) is 12.1 Å². The molecule has 1 aliphatic rings. The van der Waals surface area contributed by atoms with Crippen molar-refractivity contribution >= 4 is 5.69 Å². The van der Waals surface area contributed by atoms with E-state index in [4.69, 9.17) is 0 Å². The Morgan fingerprint density at radius 1 is 1.27 bits per heavy atom. The highest BCUT2D eigenvalue weighted by Crippen LogP contribution is 2.23. The molecule has 2 aromatic rings. The molecule has 22 heavy (non-hydrogen) atoms. The Balaban J connectivity index is 1.64. The van der Waals surface area contributed by atoms with Gasteiger partial charge in [0.25, 0.3) is 0 Å². The second-order valence-electron chi connectivity index (χ2n) is 5.91. The van der Waals surface area contributed by atoms with Crippen molar-refractivity contribution in [1.82, 2.24) is 9.88 Å². The predicted molar refractivity (Wildman–Crippen MR) is 88.6 cm³/mol. The minimum absolute atomic E-state index is 0.468. The maximum absolute atomic E-state index is 9.28. The first-order chi connectivity index (χ1) is 10.8. The van der Waals surface area contributed by atoms with Gasteiger partial charge in [-0.2, -0.15) is 5.26 Å². The van der Waals surface area contributed by atoms with Crippen LogP contribution in [0.1, 0.15) is 24.1 Å². The number of para-hydroxylation sites is 1. The first kappa shape index (κ1) is 14.7. The maximum Gasteiger partial charge on any atom is 0.101 e. The second-order valence-corrected chi connectivity index (χ2v) is 5.91. The lowest BCUT2D eigenvalue weighted by atomic mass is 10.0. The molecule has 4 heteroatoms. The molecule has 0 saturated carbocycles. The van der Waals surface area contributed by atoms with Gasteiger partial charge in [-0.05, 0) is 37.1 Å². The molecule has 0 aliphatic carbocycles. The van der Waals surface area contributed by atoms with Crippen molar-refractivity contribution in [2.75, 3.05) is 18.0 Å². The summed E-state index contributed by atoms with van der Waals surface area (Å²) >= 11 is 0. The van der Waals surface area contributed by atoms with Gasteiger partial charge in [-0.15, -0.1) is 0 Å². The number of nitriles is 1. The number of benzene rings is 1. The van der Waals surface area contributed by atoms with E-state index < -0.39 is 0 Å². The Morgan fingerprint density at radius 2 is 2.14 bits per heavy atom. The zero-order valence-electron chi connectivity index (χ0n) is 13.0. The van der Waals surface area contributed by atoms with E-state index >= 15 is 0 Å². The minimum Gasteiger partial charge on any atom is -0.369 e. The van der Waals surface area contributed by atoms with Crippen LogP contribution in [0.5, 0.6) is 0 Å². The molecule has 1 saturated heterocycles. The van der Waals surface area contributed by atoms with Crippen LogP contribution in [0.3, 0.4) is 0 Å². The van der Waals surface area contributed by atoms with Gasteiger partial charge in [-0.25, -0.2) is 0 Å². The summed E-state index contributed by atoms with van der Waals surface area (Å²) in [5.74, 6) is 0. The maximum atomic E-state index is 9.28. The van der Waals surface area contributed by atoms with E-state index in [1.54, 1.807) is 0 Å². The number of anilines is 1. The molecule has 0 amide bonds. The van der Waals surface area contributed by atoms with Gasteiger partial charge in [0.2, 0.25) is 0 Å². The summed E-state index contributed by atoms with van der Waals surface area (Å²) in [6.07, 6.45) is 4.42. The Morgan fingerprint density at radius 3 is 2.91 bits per heavy atom. The first-order valence-electron chi connectivity index (χ1n) is 7.85. The zero-order valence-corrected chi connectivity index (χ0v) is 13.0. The van der Waals surface area contributed by atoms with Crippen LogP contribution in [0, 0.1) is 11.3 Å². The topological polar surface area (TPSA) is 44.0 Å². The summed E-state index contributed by atoms with van der Waals surface area (Å²) in [6.45, 7) is 2.88. The molecule has 1 unspecified atom stereocenters. The van der Waals surface area contributed by atoms with Crippen LogP contribution in [0.4, 0.5) is 5.69 Å². The molecule has 1 N–H and O–H groups in total. The zero-order chi connectivity index (χ0) is 15.4. The van der Waals surface area contributed by atoms with E-state index in [0.29, 0.717) is 6.04 Å². The van der Waals surface area contributed by atoms with E-state index in [1.807, 2.05) is 18.2 Å². The van der Waals surface area contributed by atoms with Crippen molar-refractivity contribution < 1.29 is 0 Å². The molecule has 1 fully saturated rings. The van der Waals surface area contributed by atoms with Gasteiger partial charge in [0.1, 0.15) is 6.07 Å². The lowest BCUT2D eigenvalue weighted by molar-refractivity contribution is 0.417. The Kier molecular flexibility index (Phi) is 4.45. The number of piperidine rings is 1. The van der Waals surface area contributed by atoms with Gasteiger partial charge >= 0.3 is 0 Å². The third kappa shape index (κ3) is 3.15. The van der Waals surface area contributed by atoms with Crippen LogP contribution < -0.4 is 10.2 Å². The van der Waals surface area contributed by atoms with Gasteiger partial charge in [0.05, 0.1) is 11.3 Å². The predicted octanol–water partition coefficient (Wildman–Crippen LogP) is 2.66. The molecular weight excluding hydrogens is 272 g/mol. The summed E-state index contributed by atoms with van der Waals surface area (Å²) in [5.41, 5.74) is 3.13. The number of hydrogen-bond donors (Lipinski definition) is 1. The number of rotatable bonds is 4. The van der Waals surface area contributed by atoms with E-state index in [9.17, 15) is 5.26 Å².